The van der Waals surface area contributed by atoms with Crippen molar-refractivity contribution in [2.45, 2.75) is 19.4 Å². The third-order valence-electron chi connectivity index (χ3n) is 4.53. The highest BCUT2D eigenvalue weighted by Gasteiger charge is 2.06. The number of amides is 1. The van der Waals surface area contributed by atoms with Crippen LogP contribution in [0.1, 0.15) is 17.5 Å². The molecule has 0 aliphatic carbocycles. The summed E-state index contributed by atoms with van der Waals surface area (Å²) in [4.78, 5) is 16.4. The smallest absolute Gasteiger partial charge is 0.278 e. The van der Waals surface area contributed by atoms with Crippen molar-refractivity contribution in [2.75, 3.05) is 0 Å². The molecule has 4 nitrogen and oxygen atoms in total. The summed E-state index contributed by atoms with van der Waals surface area (Å²) in [6.07, 6.45) is 2.91. The van der Waals surface area contributed by atoms with Crippen LogP contribution >= 0.6 is 11.3 Å². The lowest BCUT2D eigenvalue weighted by Gasteiger charge is -2.08. The first-order valence-corrected chi connectivity index (χ1v) is 10.1. The number of carbonyl (C=O) groups excluding carboxylic acids is 1. The number of rotatable bonds is 7. The number of thiazole rings is 1. The van der Waals surface area contributed by atoms with Crippen LogP contribution in [0.2, 0.25) is 0 Å². The maximum absolute atomic E-state index is 12.3. The third-order valence-corrected chi connectivity index (χ3v) is 5.18. The van der Waals surface area contributed by atoms with Crippen molar-refractivity contribution < 1.29 is 9.53 Å². The molecule has 0 spiro atoms. The van der Waals surface area contributed by atoms with E-state index in [9.17, 15) is 4.79 Å². The SMILES string of the molecule is O=C(CCc1cccc2ccccc12)NCc1ccc(Oc2nccs2)cc1. The Morgan fingerprint density at radius 1 is 1.00 bits per heavy atom. The van der Waals surface area contributed by atoms with Crippen LogP contribution in [0.4, 0.5) is 0 Å². The summed E-state index contributed by atoms with van der Waals surface area (Å²) in [6.45, 7) is 0.506. The van der Waals surface area contributed by atoms with E-state index in [0.29, 0.717) is 18.2 Å². The minimum Gasteiger partial charge on any atom is -0.431 e. The van der Waals surface area contributed by atoms with Gasteiger partial charge in [0.1, 0.15) is 5.75 Å². The van der Waals surface area contributed by atoms with Gasteiger partial charge in [-0.05, 0) is 40.5 Å². The second-order valence-corrected chi connectivity index (χ2v) is 7.32. The molecule has 0 bridgehead atoms. The number of aromatic nitrogens is 1. The lowest BCUT2D eigenvalue weighted by atomic mass is 10.0. The van der Waals surface area contributed by atoms with Crippen molar-refractivity contribution in [3.05, 3.63) is 89.4 Å². The molecule has 0 atom stereocenters. The summed E-state index contributed by atoms with van der Waals surface area (Å²) in [5.74, 6) is 0.789. The number of carbonyl (C=O) groups is 1. The van der Waals surface area contributed by atoms with Crippen LogP contribution in [-0.2, 0) is 17.8 Å². The van der Waals surface area contributed by atoms with Crippen LogP contribution in [0.3, 0.4) is 0 Å². The van der Waals surface area contributed by atoms with Gasteiger partial charge in [0.2, 0.25) is 5.91 Å². The lowest BCUT2D eigenvalue weighted by molar-refractivity contribution is -0.121. The maximum Gasteiger partial charge on any atom is 0.278 e. The molecule has 1 heterocycles. The Bertz CT molecular complexity index is 1050. The van der Waals surface area contributed by atoms with Gasteiger partial charge in [-0.1, -0.05) is 65.9 Å². The summed E-state index contributed by atoms with van der Waals surface area (Å²) in [5.41, 5.74) is 2.24. The topological polar surface area (TPSA) is 51.2 Å². The Labute approximate surface area is 167 Å². The number of nitrogens with one attached hydrogen (secondary N) is 1. The molecule has 0 saturated carbocycles. The zero-order chi connectivity index (χ0) is 19.2. The number of benzene rings is 3. The molecule has 0 unspecified atom stereocenters. The maximum atomic E-state index is 12.3. The first-order chi connectivity index (χ1) is 13.8. The molecule has 0 radical (unpaired) electrons. The van der Waals surface area contributed by atoms with E-state index in [1.54, 1.807) is 6.20 Å². The number of hydrogen-bond donors (Lipinski definition) is 1. The summed E-state index contributed by atoms with van der Waals surface area (Å²) in [6, 6.07) is 22.2. The van der Waals surface area contributed by atoms with Crippen LogP contribution in [0.15, 0.2) is 78.3 Å². The minimum atomic E-state index is 0.0519. The van der Waals surface area contributed by atoms with E-state index in [2.05, 4.69) is 34.6 Å². The van der Waals surface area contributed by atoms with Gasteiger partial charge >= 0.3 is 0 Å². The Kier molecular flexibility index (Phi) is 5.64. The average molecular weight is 388 g/mol. The van der Waals surface area contributed by atoms with Crippen molar-refractivity contribution in [1.82, 2.24) is 10.3 Å². The predicted molar refractivity (Wildman–Crippen MR) is 113 cm³/mol. The number of hydrogen-bond acceptors (Lipinski definition) is 4. The van der Waals surface area contributed by atoms with E-state index in [1.807, 2.05) is 47.8 Å². The predicted octanol–water partition coefficient (Wildman–Crippen LogP) is 5.34. The van der Waals surface area contributed by atoms with Gasteiger partial charge < -0.3 is 10.1 Å². The molecule has 0 fully saturated rings. The van der Waals surface area contributed by atoms with Gasteiger partial charge in [0.05, 0.1) is 0 Å². The molecule has 3 aromatic carbocycles. The van der Waals surface area contributed by atoms with Crippen LogP contribution in [-0.4, -0.2) is 10.9 Å². The molecule has 1 aromatic heterocycles. The lowest BCUT2D eigenvalue weighted by Crippen LogP contribution is -2.22. The third kappa shape index (κ3) is 4.56. The fourth-order valence-electron chi connectivity index (χ4n) is 3.08. The molecule has 4 rings (SSSR count). The highest BCUT2D eigenvalue weighted by molar-refractivity contribution is 7.11. The van der Waals surface area contributed by atoms with Gasteiger partial charge in [0.15, 0.2) is 0 Å². The molecular formula is C23H20N2O2S. The van der Waals surface area contributed by atoms with Crippen molar-refractivity contribution >= 4 is 28.0 Å². The van der Waals surface area contributed by atoms with E-state index in [4.69, 9.17) is 4.74 Å². The van der Waals surface area contributed by atoms with Gasteiger partial charge in [-0.2, -0.15) is 0 Å². The standard InChI is InChI=1S/C23H20N2O2S/c26-22(13-10-19-6-3-5-18-4-1-2-7-21(18)19)25-16-17-8-11-20(12-9-17)27-23-24-14-15-28-23/h1-9,11-12,14-15H,10,13,16H2,(H,25,26). The van der Waals surface area contributed by atoms with E-state index in [-0.39, 0.29) is 5.91 Å². The Morgan fingerprint density at radius 3 is 2.64 bits per heavy atom. The molecule has 1 N–H and O–H groups in total. The molecule has 0 aliphatic rings. The molecule has 5 heteroatoms. The Hall–Kier alpha value is -3.18. The molecule has 0 aliphatic heterocycles. The molecule has 140 valence electrons. The van der Waals surface area contributed by atoms with Gasteiger partial charge in [-0.25, -0.2) is 4.98 Å². The minimum absolute atomic E-state index is 0.0519. The number of aryl methyl sites for hydroxylation is 1. The van der Waals surface area contributed by atoms with Gasteiger partial charge in [0, 0.05) is 24.5 Å². The number of ether oxygens (including phenoxy) is 1. The Morgan fingerprint density at radius 2 is 1.82 bits per heavy atom. The van der Waals surface area contributed by atoms with E-state index < -0.39 is 0 Å². The van der Waals surface area contributed by atoms with Gasteiger partial charge in [-0.3, -0.25) is 4.79 Å². The first kappa shape index (κ1) is 18.2. The largest absolute Gasteiger partial charge is 0.431 e. The monoisotopic (exact) mass is 388 g/mol. The molecule has 0 saturated heterocycles. The quantitative estimate of drug-likeness (QED) is 0.465. The summed E-state index contributed by atoms with van der Waals surface area (Å²) in [5, 5.41) is 7.91. The molecular weight excluding hydrogens is 368 g/mol. The molecule has 1 amide bonds. The van der Waals surface area contributed by atoms with Crippen molar-refractivity contribution in [3.8, 4) is 10.9 Å². The zero-order valence-corrected chi connectivity index (χ0v) is 16.1. The van der Waals surface area contributed by atoms with E-state index >= 15 is 0 Å². The number of nitrogens with zero attached hydrogens (tertiary/aromatic N) is 1. The molecule has 4 aromatic rings. The second-order valence-electron chi connectivity index (χ2n) is 6.46. The summed E-state index contributed by atoms with van der Waals surface area (Å²) >= 11 is 1.45. The van der Waals surface area contributed by atoms with Gasteiger partial charge in [0.25, 0.3) is 5.19 Å². The van der Waals surface area contributed by atoms with Crippen LogP contribution in [0.5, 0.6) is 10.9 Å². The summed E-state index contributed by atoms with van der Waals surface area (Å²) < 4.78 is 5.64. The van der Waals surface area contributed by atoms with Crippen LogP contribution < -0.4 is 10.1 Å². The van der Waals surface area contributed by atoms with Crippen LogP contribution in [0.25, 0.3) is 10.8 Å². The van der Waals surface area contributed by atoms with E-state index in [1.165, 1.54) is 27.7 Å². The van der Waals surface area contributed by atoms with Gasteiger partial charge in [-0.15, -0.1) is 0 Å². The second kappa shape index (κ2) is 8.67. The van der Waals surface area contributed by atoms with E-state index in [0.717, 1.165) is 17.7 Å². The fourth-order valence-corrected chi connectivity index (χ4v) is 3.59. The highest BCUT2D eigenvalue weighted by atomic mass is 32.1. The Balaban J connectivity index is 1.28. The fraction of sp³-hybridized carbons (Fsp3) is 0.130. The zero-order valence-electron chi connectivity index (χ0n) is 15.3. The van der Waals surface area contributed by atoms with Crippen LogP contribution in [0, 0.1) is 0 Å². The summed E-state index contributed by atoms with van der Waals surface area (Å²) in [7, 11) is 0. The highest BCUT2D eigenvalue weighted by Crippen LogP contribution is 2.23. The van der Waals surface area contributed by atoms with Crippen molar-refractivity contribution in [3.63, 3.8) is 0 Å². The first-order valence-electron chi connectivity index (χ1n) is 9.17. The number of fused-ring (bicyclic) bond motifs is 1. The average Bonchev–Trinajstić information content (AvgIpc) is 3.25. The van der Waals surface area contributed by atoms with Crippen molar-refractivity contribution in [1.29, 1.82) is 0 Å². The molecule has 28 heavy (non-hydrogen) atoms. The normalized spacial score (nSPS) is 10.7. The van der Waals surface area contributed by atoms with Crippen molar-refractivity contribution in [2.24, 2.45) is 0 Å².